The molecule has 1 saturated heterocycles. The second-order valence-electron chi connectivity index (χ2n) is 5.36. The molecular weight excluding hydrogens is 266 g/mol. The number of hydrogen-bond donors (Lipinski definition) is 2. The molecule has 1 spiro atoms. The smallest absolute Gasteiger partial charge is 0.327 e. The van der Waals surface area contributed by atoms with E-state index in [0.717, 1.165) is 32.3 Å². The third kappa shape index (κ3) is 3.86. The molecule has 1 aliphatic heterocycles. The van der Waals surface area contributed by atoms with Crippen LogP contribution >= 0.6 is 11.8 Å². The van der Waals surface area contributed by atoms with Crippen molar-refractivity contribution in [3.05, 3.63) is 0 Å². The van der Waals surface area contributed by atoms with Crippen LogP contribution in [-0.2, 0) is 14.3 Å². The van der Waals surface area contributed by atoms with Crippen LogP contribution in [0.25, 0.3) is 0 Å². The van der Waals surface area contributed by atoms with Crippen molar-refractivity contribution in [2.24, 2.45) is 0 Å². The Hall–Kier alpha value is -0.750. The zero-order chi connectivity index (χ0) is 13.7. The lowest BCUT2D eigenvalue weighted by atomic mass is 9.92. The van der Waals surface area contributed by atoms with Crippen LogP contribution in [0, 0.1) is 0 Å². The van der Waals surface area contributed by atoms with Crippen LogP contribution in [-0.4, -0.2) is 46.7 Å². The first-order valence-corrected chi connectivity index (χ1v) is 7.88. The molecule has 19 heavy (non-hydrogen) atoms. The van der Waals surface area contributed by atoms with Gasteiger partial charge in [-0.2, -0.15) is 11.8 Å². The number of amides is 1. The van der Waals surface area contributed by atoms with Crippen molar-refractivity contribution in [3.63, 3.8) is 0 Å². The molecule has 0 aromatic rings. The van der Waals surface area contributed by atoms with Gasteiger partial charge in [-0.15, -0.1) is 0 Å². The number of thioether (sulfide) groups is 1. The zero-order valence-electron chi connectivity index (χ0n) is 11.0. The summed E-state index contributed by atoms with van der Waals surface area (Å²) < 4.78 is 5.96. The predicted octanol–water partition coefficient (Wildman–Crippen LogP) is 1.41. The Morgan fingerprint density at radius 1 is 1.53 bits per heavy atom. The van der Waals surface area contributed by atoms with E-state index in [9.17, 15) is 9.59 Å². The summed E-state index contributed by atoms with van der Waals surface area (Å²) in [4.78, 5) is 21.3. The van der Waals surface area contributed by atoms with Gasteiger partial charge in [0.15, 0.2) is 0 Å². The summed E-state index contributed by atoms with van der Waals surface area (Å²) in [5.41, 5.74) is 0.0622. The summed E-state index contributed by atoms with van der Waals surface area (Å²) in [5, 5.41) is 11.8. The van der Waals surface area contributed by atoms with Gasteiger partial charge in [-0.1, -0.05) is 12.8 Å². The molecule has 2 unspecified atom stereocenters. The van der Waals surface area contributed by atoms with Crippen molar-refractivity contribution in [2.75, 3.05) is 12.4 Å². The first kappa shape index (κ1) is 14.7. The highest BCUT2D eigenvalue weighted by Crippen LogP contribution is 2.42. The summed E-state index contributed by atoms with van der Waals surface area (Å²) in [6.07, 6.45) is 7.20. The highest BCUT2D eigenvalue weighted by Gasteiger charge is 2.40. The fourth-order valence-electron chi connectivity index (χ4n) is 3.00. The van der Waals surface area contributed by atoms with Crippen LogP contribution in [0.15, 0.2) is 0 Å². The summed E-state index contributed by atoms with van der Waals surface area (Å²) in [6.45, 7) is 0.774. The highest BCUT2D eigenvalue weighted by molar-refractivity contribution is 8.00. The van der Waals surface area contributed by atoms with Crippen LogP contribution in [0.2, 0.25) is 0 Å². The van der Waals surface area contributed by atoms with Crippen LogP contribution in [0.1, 0.15) is 38.5 Å². The highest BCUT2D eigenvalue weighted by atomic mass is 32.2. The van der Waals surface area contributed by atoms with Gasteiger partial charge in [-0.25, -0.2) is 4.79 Å². The van der Waals surface area contributed by atoms with E-state index in [-0.39, 0.29) is 5.60 Å². The van der Waals surface area contributed by atoms with E-state index in [1.54, 1.807) is 11.8 Å². The van der Waals surface area contributed by atoms with Crippen LogP contribution in [0.3, 0.4) is 0 Å². The molecule has 6 heteroatoms. The summed E-state index contributed by atoms with van der Waals surface area (Å²) in [7, 11) is 0. The van der Waals surface area contributed by atoms with Crippen LogP contribution < -0.4 is 5.32 Å². The topological polar surface area (TPSA) is 75.6 Å². The van der Waals surface area contributed by atoms with Crippen molar-refractivity contribution in [2.45, 2.75) is 55.4 Å². The normalized spacial score (nSPS) is 27.1. The monoisotopic (exact) mass is 287 g/mol. The average molecular weight is 287 g/mol. The second kappa shape index (κ2) is 6.61. The van der Waals surface area contributed by atoms with Crippen molar-refractivity contribution >= 4 is 24.1 Å². The Morgan fingerprint density at radius 3 is 2.89 bits per heavy atom. The number of rotatable bonds is 6. The third-order valence-electron chi connectivity index (χ3n) is 4.03. The summed E-state index contributed by atoms with van der Waals surface area (Å²) >= 11 is 1.65. The van der Waals surface area contributed by atoms with Crippen molar-refractivity contribution < 1.29 is 19.4 Å². The van der Waals surface area contributed by atoms with Crippen molar-refractivity contribution in [1.29, 1.82) is 0 Å². The molecule has 2 rings (SSSR count). The third-order valence-corrected chi connectivity index (χ3v) is 5.43. The maximum atomic E-state index is 11.0. The molecule has 108 valence electrons. The second-order valence-corrected chi connectivity index (χ2v) is 6.70. The minimum Gasteiger partial charge on any atom is -0.480 e. The molecule has 2 fully saturated rings. The number of carbonyl (C=O) groups excluding carboxylic acids is 1. The lowest BCUT2D eigenvalue weighted by Crippen LogP contribution is -2.41. The van der Waals surface area contributed by atoms with Gasteiger partial charge in [-0.05, 0) is 25.7 Å². The van der Waals surface area contributed by atoms with Gasteiger partial charge in [0, 0.05) is 17.6 Å². The fourth-order valence-corrected chi connectivity index (χ4v) is 4.39. The van der Waals surface area contributed by atoms with E-state index in [1.165, 1.54) is 12.8 Å². The summed E-state index contributed by atoms with van der Waals surface area (Å²) in [6, 6.07) is -0.787. The number of aliphatic carboxylic acids is 1. The number of ether oxygens (including phenoxy) is 1. The molecule has 1 aliphatic carbocycles. The van der Waals surface area contributed by atoms with E-state index in [1.807, 2.05) is 0 Å². The number of carbonyl (C=O) groups is 2. The number of nitrogens with one attached hydrogen (secondary N) is 1. The molecule has 5 nitrogen and oxygen atoms in total. The standard InChI is InChI=1S/C13H21NO4S/c15-9-14-11(12(16)17)8-19-10-3-6-18-13(7-10)4-1-2-5-13/h9-11H,1-8H2,(H,14,15)(H,16,17). The van der Waals surface area contributed by atoms with Gasteiger partial charge in [0.1, 0.15) is 6.04 Å². The van der Waals surface area contributed by atoms with Gasteiger partial charge in [0.05, 0.1) is 5.60 Å². The quantitative estimate of drug-likeness (QED) is 0.722. The molecule has 1 heterocycles. The molecular formula is C13H21NO4S. The lowest BCUT2D eigenvalue weighted by molar-refractivity contribution is -0.139. The van der Waals surface area contributed by atoms with E-state index >= 15 is 0 Å². The molecule has 2 atom stereocenters. The molecule has 0 aromatic carbocycles. The van der Waals surface area contributed by atoms with Gasteiger partial charge in [0.2, 0.25) is 6.41 Å². The number of hydrogen-bond acceptors (Lipinski definition) is 4. The minimum absolute atomic E-state index is 0.0622. The van der Waals surface area contributed by atoms with Crippen LogP contribution in [0.5, 0.6) is 0 Å². The molecule has 0 radical (unpaired) electrons. The van der Waals surface area contributed by atoms with Crippen molar-refractivity contribution in [3.8, 4) is 0 Å². The maximum absolute atomic E-state index is 11.0. The minimum atomic E-state index is -0.970. The molecule has 2 aliphatic rings. The van der Waals surface area contributed by atoms with E-state index in [4.69, 9.17) is 9.84 Å². The molecule has 1 amide bonds. The molecule has 0 aromatic heterocycles. The number of carboxylic acids is 1. The van der Waals surface area contributed by atoms with Crippen LogP contribution in [0.4, 0.5) is 0 Å². The Balaban J connectivity index is 1.81. The van der Waals surface area contributed by atoms with Crippen molar-refractivity contribution in [1.82, 2.24) is 5.32 Å². The first-order valence-electron chi connectivity index (χ1n) is 6.83. The predicted molar refractivity (Wildman–Crippen MR) is 73.3 cm³/mol. The number of carboxylic acid groups (broad SMARTS) is 1. The summed E-state index contributed by atoms with van der Waals surface area (Å²) in [5.74, 6) is -0.545. The largest absolute Gasteiger partial charge is 0.480 e. The Kier molecular flexibility index (Phi) is 5.10. The molecule has 2 N–H and O–H groups in total. The Bertz CT molecular complexity index is 331. The maximum Gasteiger partial charge on any atom is 0.327 e. The fraction of sp³-hybridized carbons (Fsp3) is 0.846. The molecule has 0 bridgehead atoms. The van der Waals surface area contributed by atoms with Gasteiger partial charge >= 0.3 is 5.97 Å². The Morgan fingerprint density at radius 2 is 2.26 bits per heavy atom. The lowest BCUT2D eigenvalue weighted by Gasteiger charge is -2.38. The Labute approximate surface area is 117 Å². The van der Waals surface area contributed by atoms with Gasteiger partial charge in [0.25, 0.3) is 0 Å². The van der Waals surface area contributed by atoms with E-state index < -0.39 is 12.0 Å². The SMILES string of the molecule is O=CNC(CSC1CCOC2(CCCC2)C1)C(=O)O. The van der Waals surface area contributed by atoms with Gasteiger partial charge in [-0.3, -0.25) is 4.79 Å². The zero-order valence-corrected chi connectivity index (χ0v) is 11.8. The van der Waals surface area contributed by atoms with E-state index in [0.29, 0.717) is 17.4 Å². The first-order chi connectivity index (χ1) is 9.15. The average Bonchev–Trinajstić information content (AvgIpc) is 2.82. The van der Waals surface area contributed by atoms with E-state index in [2.05, 4.69) is 5.32 Å². The van der Waals surface area contributed by atoms with Gasteiger partial charge < -0.3 is 15.2 Å². The molecule has 1 saturated carbocycles.